The van der Waals surface area contributed by atoms with Gasteiger partial charge in [0.2, 0.25) is 0 Å². The molecule has 114 valence electrons. The van der Waals surface area contributed by atoms with Gasteiger partial charge in [-0.2, -0.15) is 0 Å². The molecule has 0 heterocycles. The summed E-state index contributed by atoms with van der Waals surface area (Å²) in [6, 6.07) is -0.428. The highest BCUT2D eigenvalue weighted by Crippen LogP contribution is 1.84. The van der Waals surface area contributed by atoms with Crippen molar-refractivity contribution in [1.29, 1.82) is 0 Å². The maximum Gasteiger partial charge on any atom is 0.314 e. The van der Waals surface area contributed by atoms with Crippen molar-refractivity contribution in [2.24, 2.45) is 11.5 Å². The van der Waals surface area contributed by atoms with E-state index in [1.165, 1.54) is 0 Å². The normalized spacial score (nSPS) is 9.16. The second-order valence-corrected chi connectivity index (χ2v) is 3.65. The smallest absolute Gasteiger partial charge is 0.314 e. The Morgan fingerprint density at radius 1 is 0.684 bits per heavy atom. The summed E-state index contributed by atoms with van der Waals surface area (Å²) in [5, 5.41) is 10.6. The first-order valence-corrected chi connectivity index (χ1v) is 6.14. The van der Waals surface area contributed by atoms with Crippen molar-refractivity contribution in [3.8, 4) is 0 Å². The number of carbonyl (C=O) groups excluding carboxylic acids is 2. The van der Waals surface area contributed by atoms with E-state index >= 15 is 0 Å². The second-order valence-electron chi connectivity index (χ2n) is 3.65. The fourth-order valence-electron chi connectivity index (χ4n) is 1.15. The molecule has 9 heteroatoms. The van der Waals surface area contributed by atoms with Crippen LogP contribution < -0.4 is 32.7 Å². The average Bonchev–Trinajstić information content (AvgIpc) is 2.37. The van der Waals surface area contributed by atoms with Crippen molar-refractivity contribution in [2.75, 3.05) is 39.3 Å². The van der Waals surface area contributed by atoms with Gasteiger partial charge in [0, 0.05) is 39.3 Å². The number of urea groups is 2. The van der Waals surface area contributed by atoms with Crippen molar-refractivity contribution in [2.45, 2.75) is 12.8 Å². The van der Waals surface area contributed by atoms with Crippen LogP contribution in [0, 0.1) is 0 Å². The summed E-state index contributed by atoms with van der Waals surface area (Å²) in [6.07, 6.45) is 1.60. The van der Waals surface area contributed by atoms with Crippen molar-refractivity contribution < 1.29 is 9.59 Å². The molecule has 0 aliphatic carbocycles. The summed E-state index contributed by atoms with van der Waals surface area (Å²) in [5.41, 5.74) is 10.5. The lowest BCUT2D eigenvalue weighted by Crippen LogP contribution is -2.39. The molecule has 0 aromatic rings. The lowest BCUT2D eigenvalue weighted by atomic mass is 10.3. The van der Waals surface area contributed by atoms with E-state index in [1.807, 2.05) is 0 Å². The van der Waals surface area contributed by atoms with Crippen LogP contribution in [0.25, 0.3) is 0 Å². The number of nitrogens with two attached hydrogens (primary N) is 2. The highest BCUT2D eigenvalue weighted by Gasteiger charge is 1.99. The monoisotopic (exact) mass is 296 g/mol. The standard InChI is InChI=1S/C10H24N6O2.ClH/c11-3-7-15-9(17)13-5-1-2-6-14-10(18)16-8-4-12;/h1-8,11-12H2,(H2,13,15,17)(H2,14,16,18);1H. The van der Waals surface area contributed by atoms with Crippen molar-refractivity contribution in [3.05, 3.63) is 0 Å². The third-order valence-electron chi connectivity index (χ3n) is 2.03. The molecule has 0 bridgehead atoms. The van der Waals surface area contributed by atoms with Crippen LogP contribution >= 0.6 is 12.4 Å². The van der Waals surface area contributed by atoms with Crippen LogP contribution in [0.15, 0.2) is 0 Å². The fourth-order valence-corrected chi connectivity index (χ4v) is 1.15. The van der Waals surface area contributed by atoms with Crippen LogP contribution in [0.3, 0.4) is 0 Å². The van der Waals surface area contributed by atoms with Gasteiger partial charge in [0.1, 0.15) is 0 Å². The van der Waals surface area contributed by atoms with Gasteiger partial charge >= 0.3 is 12.1 Å². The number of carbonyl (C=O) groups is 2. The lowest BCUT2D eigenvalue weighted by Gasteiger charge is -2.08. The van der Waals surface area contributed by atoms with E-state index < -0.39 is 0 Å². The summed E-state index contributed by atoms with van der Waals surface area (Å²) in [7, 11) is 0. The molecule has 4 amide bonds. The summed E-state index contributed by atoms with van der Waals surface area (Å²) in [6.45, 7) is 2.93. The number of halogens is 1. The van der Waals surface area contributed by atoms with Gasteiger partial charge in [-0.25, -0.2) is 9.59 Å². The summed E-state index contributed by atoms with van der Waals surface area (Å²) < 4.78 is 0. The molecule has 0 unspecified atom stereocenters. The molecule has 0 saturated heterocycles. The van der Waals surface area contributed by atoms with Gasteiger partial charge in [-0.3, -0.25) is 0 Å². The molecule has 0 aliphatic rings. The Hall–Kier alpha value is -1.25. The average molecular weight is 297 g/mol. The molecule has 0 aromatic heterocycles. The maximum absolute atomic E-state index is 11.1. The van der Waals surface area contributed by atoms with Crippen molar-refractivity contribution in [3.63, 3.8) is 0 Å². The largest absolute Gasteiger partial charge is 0.338 e. The number of rotatable bonds is 9. The topological polar surface area (TPSA) is 134 Å². The molecule has 19 heavy (non-hydrogen) atoms. The Morgan fingerprint density at radius 2 is 1.00 bits per heavy atom. The highest BCUT2D eigenvalue weighted by molar-refractivity contribution is 5.85. The zero-order valence-corrected chi connectivity index (χ0v) is 11.9. The molecule has 0 fully saturated rings. The lowest BCUT2D eigenvalue weighted by molar-refractivity contribution is 0.239. The molecule has 0 spiro atoms. The van der Waals surface area contributed by atoms with E-state index in [0.29, 0.717) is 39.3 Å². The zero-order chi connectivity index (χ0) is 13.6. The van der Waals surface area contributed by atoms with Crippen LogP contribution in [0.1, 0.15) is 12.8 Å². The first-order chi connectivity index (χ1) is 8.70. The number of nitrogens with one attached hydrogen (secondary N) is 4. The number of unbranched alkanes of at least 4 members (excludes halogenated alkanes) is 1. The Kier molecular flexibility index (Phi) is 15.6. The van der Waals surface area contributed by atoms with E-state index in [2.05, 4.69) is 21.3 Å². The number of amides is 4. The molecule has 0 aliphatic heterocycles. The van der Waals surface area contributed by atoms with Crippen LogP contribution in [0.5, 0.6) is 0 Å². The Balaban J connectivity index is 0. The predicted octanol–water partition coefficient (Wildman–Crippen LogP) is -1.30. The summed E-state index contributed by atoms with van der Waals surface area (Å²) in [4.78, 5) is 22.2. The fraction of sp³-hybridized carbons (Fsp3) is 0.800. The SMILES string of the molecule is Cl.NCCNC(=O)NCCCCNC(=O)NCCN. The minimum Gasteiger partial charge on any atom is -0.338 e. The molecule has 0 aromatic carbocycles. The minimum absolute atomic E-state index is 0. The first kappa shape index (κ1) is 20.1. The minimum atomic E-state index is -0.214. The molecule has 0 rings (SSSR count). The van der Waals surface area contributed by atoms with E-state index in [1.54, 1.807) is 0 Å². The highest BCUT2D eigenvalue weighted by atomic mass is 35.5. The van der Waals surface area contributed by atoms with Gasteiger partial charge < -0.3 is 32.7 Å². The van der Waals surface area contributed by atoms with Crippen LogP contribution in [0.4, 0.5) is 9.59 Å². The van der Waals surface area contributed by atoms with Crippen LogP contribution in [-0.4, -0.2) is 51.3 Å². The second kappa shape index (κ2) is 14.8. The van der Waals surface area contributed by atoms with E-state index in [0.717, 1.165) is 12.8 Å². The van der Waals surface area contributed by atoms with Gasteiger partial charge in [0.25, 0.3) is 0 Å². The van der Waals surface area contributed by atoms with E-state index in [4.69, 9.17) is 11.5 Å². The molecule has 8 N–H and O–H groups in total. The molecule has 0 saturated carbocycles. The van der Waals surface area contributed by atoms with Crippen molar-refractivity contribution >= 4 is 24.5 Å². The van der Waals surface area contributed by atoms with Gasteiger partial charge in [0.05, 0.1) is 0 Å². The predicted molar refractivity (Wildman–Crippen MR) is 77.4 cm³/mol. The molecule has 0 radical (unpaired) electrons. The third kappa shape index (κ3) is 14.7. The quantitative estimate of drug-likeness (QED) is 0.295. The van der Waals surface area contributed by atoms with Gasteiger partial charge in [-0.05, 0) is 12.8 Å². The zero-order valence-electron chi connectivity index (χ0n) is 11.0. The third-order valence-corrected chi connectivity index (χ3v) is 2.03. The molecule has 8 nitrogen and oxygen atoms in total. The van der Waals surface area contributed by atoms with Gasteiger partial charge in [-0.15, -0.1) is 12.4 Å². The molecular weight excluding hydrogens is 272 g/mol. The Labute approximate surface area is 119 Å². The summed E-state index contributed by atoms with van der Waals surface area (Å²) in [5.74, 6) is 0. The van der Waals surface area contributed by atoms with Gasteiger partial charge in [-0.1, -0.05) is 0 Å². The van der Waals surface area contributed by atoms with Crippen LogP contribution in [0.2, 0.25) is 0 Å². The summed E-state index contributed by atoms with van der Waals surface area (Å²) >= 11 is 0. The Morgan fingerprint density at radius 3 is 1.32 bits per heavy atom. The van der Waals surface area contributed by atoms with Gasteiger partial charge in [0.15, 0.2) is 0 Å². The molecular formula is C10H25ClN6O2. The Bertz CT molecular complexity index is 218. The van der Waals surface area contributed by atoms with E-state index in [9.17, 15) is 9.59 Å². The number of hydrogen-bond donors (Lipinski definition) is 6. The van der Waals surface area contributed by atoms with Crippen molar-refractivity contribution in [1.82, 2.24) is 21.3 Å². The van der Waals surface area contributed by atoms with E-state index in [-0.39, 0.29) is 24.5 Å². The number of hydrogen-bond acceptors (Lipinski definition) is 4. The maximum atomic E-state index is 11.1. The molecule has 0 atom stereocenters. The van der Waals surface area contributed by atoms with Crippen LogP contribution in [-0.2, 0) is 0 Å². The first-order valence-electron chi connectivity index (χ1n) is 6.14.